The van der Waals surface area contributed by atoms with E-state index in [2.05, 4.69) is 39.1 Å². The number of nitrogens with zero attached hydrogens (tertiary/aromatic N) is 5. The molecule has 0 aromatic carbocycles. The smallest absolute Gasteiger partial charge is 0.241 e. The van der Waals surface area contributed by atoms with Crippen molar-refractivity contribution in [2.45, 2.75) is 32.2 Å². The minimum absolute atomic E-state index is 0.0278. The molecular weight excluding hydrogens is 242 g/mol. The monoisotopic (exact) mass is 259 g/mol. The average molecular weight is 259 g/mol. The van der Waals surface area contributed by atoms with Gasteiger partial charge >= 0.3 is 0 Å². The number of hydrogen-bond acceptors (Lipinski definition) is 6. The highest BCUT2D eigenvalue weighted by Gasteiger charge is 2.38. The fraction of sp³-hybridized carbons (Fsp3) is 0.500. The Balaban J connectivity index is 1.89. The molecule has 2 aromatic rings. The molecule has 0 spiro atoms. The van der Waals surface area contributed by atoms with E-state index < -0.39 is 0 Å². The summed E-state index contributed by atoms with van der Waals surface area (Å²) in [5.41, 5.74) is 5.71. The van der Waals surface area contributed by atoms with E-state index in [1.807, 2.05) is 0 Å². The topological polar surface area (TPSA) is 94.5 Å². The number of anilines is 2. The lowest BCUT2D eigenvalue weighted by Gasteiger charge is -2.26. The summed E-state index contributed by atoms with van der Waals surface area (Å²) in [6.07, 6.45) is 7.56. The molecule has 1 aliphatic rings. The Kier molecular flexibility index (Phi) is 2.62. The zero-order chi connectivity index (χ0) is 13.5. The van der Waals surface area contributed by atoms with Crippen LogP contribution in [0.3, 0.4) is 0 Å². The molecule has 7 heteroatoms. The predicted octanol–water partition coefficient (Wildman–Crippen LogP) is 1.24. The van der Waals surface area contributed by atoms with Crippen LogP contribution in [-0.2, 0) is 0 Å². The van der Waals surface area contributed by atoms with E-state index in [-0.39, 0.29) is 11.5 Å². The quantitative estimate of drug-likeness (QED) is 0.857. The molecule has 0 radical (unpaired) electrons. The maximum atomic E-state index is 5.74. The van der Waals surface area contributed by atoms with Crippen LogP contribution < -0.4 is 11.1 Å². The van der Waals surface area contributed by atoms with Crippen LogP contribution in [0.4, 0.5) is 11.9 Å². The van der Waals surface area contributed by atoms with E-state index in [1.165, 1.54) is 12.8 Å². The lowest BCUT2D eigenvalue weighted by atomic mass is 9.99. The third kappa shape index (κ3) is 2.49. The molecular formula is C12H17N7. The number of nitrogens with two attached hydrogens (primary N) is 1. The van der Waals surface area contributed by atoms with Gasteiger partial charge in [-0.1, -0.05) is 0 Å². The zero-order valence-corrected chi connectivity index (χ0v) is 11.0. The first-order chi connectivity index (χ1) is 9.04. The molecule has 0 bridgehead atoms. The van der Waals surface area contributed by atoms with Crippen molar-refractivity contribution < 1.29 is 0 Å². The van der Waals surface area contributed by atoms with Gasteiger partial charge in [-0.25, -0.2) is 4.98 Å². The Bertz CT molecular complexity index is 572. The molecule has 0 saturated heterocycles. The largest absolute Gasteiger partial charge is 0.368 e. The normalized spacial score (nSPS) is 15.5. The van der Waals surface area contributed by atoms with Crippen molar-refractivity contribution in [3.8, 4) is 5.95 Å². The van der Waals surface area contributed by atoms with Gasteiger partial charge in [-0.3, -0.25) is 4.57 Å². The van der Waals surface area contributed by atoms with Crippen LogP contribution in [0.25, 0.3) is 5.95 Å². The second-order valence-electron chi connectivity index (χ2n) is 5.41. The van der Waals surface area contributed by atoms with Crippen LogP contribution in [0.2, 0.25) is 0 Å². The van der Waals surface area contributed by atoms with Crippen LogP contribution in [0.5, 0.6) is 0 Å². The van der Waals surface area contributed by atoms with Gasteiger partial charge < -0.3 is 11.1 Å². The Hall–Kier alpha value is -2.18. The molecule has 2 heterocycles. The highest BCUT2D eigenvalue weighted by molar-refractivity contribution is 5.37. The summed E-state index contributed by atoms with van der Waals surface area (Å²) in [7, 11) is 0. The summed E-state index contributed by atoms with van der Waals surface area (Å²) in [6.45, 7) is 4.31. The lowest BCUT2D eigenvalue weighted by molar-refractivity contribution is 0.490. The summed E-state index contributed by atoms with van der Waals surface area (Å²) in [4.78, 5) is 16.6. The molecule has 7 nitrogen and oxygen atoms in total. The van der Waals surface area contributed by atoms with Crippen LogP contribution in [-0.4, -0.2) is 30.0 Å². The molecule has 1 fully saturated rings. The molecule has 0 amide bonds. The minimum Gasteiger partial charge on any atom is -0.368 e. The van der Waals surface area contributed by atoms with Gasteiger partial charge in [0, 0.05) is 17.9 Å². The van der Waals surface area contributed by atoms with Gasteiger partial charge in [0.15, 0.2) is 0 Å². The summed E-state index contributed by atoms with van der Waals surface area (Å²) >= 11 is 0. The van der Waals surface area contributed by atoms with E-state index in [0.717, 1.165) is 0 Å². The van der Waals surface area contributed by atoms with Gasteiger partial charge in [0.1, 0.15) is 6.33 Å². The van der Waals surface area contributed by atoms with Gasteiger partial charge in [0.05, 0.1) is 0 Å². The molecule has 2 aromatic heterocycles. The summed E-state index contributed by atoms with van der Waals surface area (Å²) in [5, 5.41) is 3.35. The second-order valence-corrected chi connectivity index (χ2v) is 5.41. The molecule has 0 unspecified atom stereocenters. The maximum Gasteiger partial charge on any atom is 0.241 e. The number of imidazole rings is 1. The molecule has 3 N–H and O–H groups in total. The molecule has 1 saturated carbocycles. The summed E-state index contributed by atoms with van der Waals surface area (Å²) in [5.74, 6) is 1.85. The lowest BCUT2D eigenvalue weighted by Crippen LogP contribution is -2.34. The van der Waals surface area contributed by atoms with E-state index in [9.17, 15) is 0 Å². The molecule has 1 aliphatic carbocycles. The molecule has 3 rings (SSSR count). The van der Waals surface area contributed by atoms with Crippen molar-refractivity contribution in [1.82, 2.24) is 24.5 Å². The third-order valence-electron chi connectivity index (χ3n) is 3.41. The maximum absolute atomic E-state index is 5.74. The first-order valence-electron chi connectivity index (χ1n) is 6.33. The predicted molar refractivity (Wildman–Crippen MR) is 71.8 cm³/mol. The number of nitrogen functional groups attached to an aromatic ring is 1. The Morgan fingerprint density at radius 1 is 1.32 bits per heavy atom. The Morgan fingerprint density at radius 3 is 2.74 bits per heavy atom. The zero-order valence-electron chi connectivity index (χ0n) is 11.0. The number of rotatable bonds is 4. The highest BCUT2D eigenvalue weighted by atomic mass is 15.3. The fourth-order valence-electron chi connectivity index (χ4n) is 2.12. The Labute approximate surface area is 111 Å². The number of hydrogen-bond donors (Lipinski definition) is 2. The van der Waals surface area contributed by atoms with Crippen molar-refractivity contribution in [2.75, 3.05) is 11.1 Å². The Morgan fingerprint density at radius 2 is 2.11 bits per heavy atom. The third-order valence-corrected chi connectivity index (χ3v) is 3.41. The van der Waals surface area contributed by atoms with Gasteiger partial charge in [-0.2, -0.15) is 15.0 Å². The van der Waals surface area contributed by atoms with E-state index in [1.54, 1.807) is 23.3 Å². The van der Waals surface area contributed by atoms with E-state index in [0.29, 0.717) is 17.8 Å². The number of nitrogens with one attached hydrogen (secondary N) is 1. The SMILES string of the molecule is CC(C)(Nc1nc(N)nc(-n2ccnc2)n1)C1CC1. The summed E-state index contributed by atoms with van der Waals surface area (Å²) < 4.78 is 1.70. The first kappa shape index (κ1) is 11.9. The van der Waals surface area contributed by atoms with Crippen LogP contribution in [0.1, 0.15) is 26.7 Å². The standard InChI is InChI=1S/C12H17N7/c1-12(2,8-3-4-8)18-10-15-9(13)16-11(17-10)19-6-5-14-7-19/h5-8H,3-4H2,1-2H3,(H3,13,15,16,17,18). The van der Waals surface area contributed by atoms with Crippen LogP contribution >= 0.6 is 0 Å². The average Bonchev–Trinajstić information content (AvgIpc) is 3.05. The minimum atomic E-state index is -0.0278. The van der Waals surface area contributed by atoms with Crippen molar-refractivity contribution in [1.29, 1.82) is 0 Å². The van der Waals surface area contributed by atoms with Crippen LogP contribution in [0, 0.1) is 5.92 Å². The molecule has 0 atom stereocenters. The first-order valence-corrected chi connectivity index (χ1v) is 6.33. The van der Waals surface area contributed by atoms with Gasteiger partial charge in [0.2, 0.25) is 17.8 Å². The van der Waals surface area contributed by atoms with Crippen molar-refractivity contribution in [2.24, 2.45) is 5.92 Å². The van der Waals surface area contributed by atoms with Crippen LogP contribution in [0.15, 0.2) is 18.7 Å². The van der Waals surface area contributed by atoms with Crippen molar-refractivity contribution >= 4 is 11.9 Å². The summed E-state index contributed by atoms with van der Waals surface area (Å²) in [6, 6.07) is 0. The molecule has 100 valence electrons. The fourth-order valence-corrected chi connectivity index (χ4v) is 2.12. The number of aromatic nitrogens is 5. The van der Waals surface area contributed by atoms with Gasteiger partial charge in [0.25, 0.3) is 0 Å². The van der Waals surface area contributed by atoms with Crippen molar-refractivity contribution in [3.63, 3.8) is 0 Å². The van der Waals surface area contributed by atoms with E-state index in [4.69, 9.17) is 5.73 Å². The van der Waals surface area contributed by atoms with Gasteiger partial charge in [-0.15, -0.1) is 0 Å². The second kappa shape index (κ2) is 4.18. The van der Waals surface area contributed by atoms with Crippen molar-refractivity contribution in [3.05, 3.63) is 18.7 Å². The molecule has 19 heavy (non-hydrogen) atoms. The highest BCUT2D eigenvalue weighted by Crippen LogP contribution is 2.40. The molecule has 0 aliphatic heterocycles. The van der Waals surface area contributed by atoms with Gasteiger partial charge in [-0.05, 0) is 32.6 Å². The van der Waals surface area contributed by atoms with E-state index >= 15 is 0 Å².